The summed E-state index contributed by atoms with van der Waals surface area (Å²) >= 11 is 0. The Morgan fingerprint density at radius 1 is 1.29 bits per heavy atom. The Balaban J connectivity index is 1.97. The molecule has 90 valence electrons. The first kappa shape index (κ1) is 11.7. The van der Waals surface area contributed by atoms with Crippen LogP contribution in [0.15, 0.2) is 41.1 Å². The second kappa shape index (κ2) is 5.50. The van der Waals surface area contributed by atoms with Crippen molar-refractivity contribution in [2.24, 2.45) is 0 Å². The first-order valence-corrected chi connectivity index (χ1v) is 5.73. The maximum absolute atomic E-state index is 5.56. The molecule has 0 spiro atoms. The molecule has 2 N–H and O–H groups in total. The van der Waals surface area contributed by atoms with Crippen molar-refractivity contribution in [1.29, 1.82) is 0 Å². The van der Waals surface area contributed by atoms with Gasteiger partial charge in [0.2, 0.25) is 0 Å². The van der Waals surface area contributed by atoms with Crippen molar-refractivity contribution < 1.29 is 4.42 Å². The van der Waals surface area contributed by atoms with E-state index in [4.69, 9.17) is 10.2 Å². The third-order valence-corrected chi connectivity index (χ3v) is 2.66. The molecule has 2 aromatic rings. The Labute approximate surface area is 101 Å². The van der Waals surface area contributed by atoms with E-state index in [2.05, 4.69) is 16.8 Å². The van der Waals surface area contributed by atoms with Gasteiger partial charge in [0.05, 0.1) is 12.8 Å². The molecular formula is C13H17N3O. The standard InChI is InChI=1S/C13H17N3O/c1-2-16(10-12-4-3-7-17-12)9-11-5-6-13(14)15-8-11/h3-8H,2,9-10H2,1H3,(H2,14,15). The van der Waals surface area contributed by atoms with Crippen molar-refractivity contribution in [2.75, 3.05) is 12.3 Å². The number of nitrogens with two attached hydrogens (primary N) is 1. The minimum atomic E-state index is 0.558. The van der Waals surface area contributed by atoms with Crippen LogP contribution in [0.3, 0.4) is 0 Å². The average Bonchev–Trinajstić information content (AvgIpc) is 2.84. The van der Waals surface area contributed by atoms with E-state index < -0.39 is 0 Å². The molecule has 0 aromatic carbocycles. The molecule has 2 heterocycles. The SMILES string of the molecule is CCN(Cc1ccc(N)nc1)Cc1ccco1. The zero-order valence-corrected chi connectivity index (χ0v) is 9.97. The molecule has 17 heavy (non-hydrogen) atoms. The molecule has 0 aliphatic rings. The molecule has 0 fully saturated rings. The zero-order chi connectivity index (χ0) is 12.1. The number of furan rings is 1. The van der Waals surface area contributed by atoms with Crippen LogP contribution in [0.25, 0.3) is 0 Å². The topological polar surface area (TPSA) is 55.3 Å². The van der Waals surface area contributed by atoms with Crippen molar-refractivity contribution in [2.45, 2.75) is 20.0 Å². The molecule has 0 aliphatic carbocycles. The van der Waals surface area contributed by atoms with Crippen molar-refractivity contribution in [1.82, 2.24) is 9.88 Å². The van der Waals surface area contributed by atoms with E-state index in [1.54, 1.807) is 6.26 Å². The van der Waals surface area contributed by atoms with Crippen LogP contribution in [0.5, 0.6) is 0 Å². The quantitative estimate of drug-likeness (QED) is 0.857. The predicted octanol–water partition coefficient (Wildman–Crippen LogP) is 2.28. The number of aromatic nitrogens is 1. The van der Waals surface area contributed by atoms with Crippen LogP contribution in [-0.2, 0) is 13.1 Å². The van der Waals surface area contributed by atoms with Gasteiger partial charge >= 0.3 is 0 Å². The number of rotatable bonds is 5. The molecule has 4 nitrogen and oxygen atoms in total. The summed E-state index contributed by atoms with van der Waals surface area (Å²) in [5, 5.41) is 0. The summed E-state index contributed by atoms with van der Waals surface area (Å²) in [6.07, 6.45) is 3.52. The second-order valence-electron chi connectivity index (χ2n) is 3.97. The van der Waals surface area contributed by atoms with Gasteiger partial charge in [-0.1, -0.05) is 13.0 Å². The van der Waals surface area contributed by atoms with Crippen molar-refractivity contribution in [3.05, 3.63) is 48.0 Å². The maximum atomic E-state index is 5.56. The number of hydrogen-bond acceptors (Lipinski definition) is 4. The van der Waals surface area contributed by atoms with Gasteiger partial charge in [0.25, 0.3) is 0 Å². The maximum Gasteiger partial charge on any atom is 0.123 e. The smallest absolute Gasteiger partial charge is 0.123 e. The number of pyridine rings is 1. The highest BCUT2D eigenvalue weighted by atomic mass is 16.3. The summed E-state index contributed by atoms with van der Waals surface area (Å²) in [5.41, 5.74) is 6.72. The van der Waals surface area contributed by atoms with Gasteiger partial charge < -0.3 is 10.2 Å². The van der Waals surface area contributed by atoms with E-state index in [-0.39, 0.29) is 0 Å². The molecule has 2 rings (SSSR count). The number of nitrogens with zero attached hydrogens (tertiary/aromatic N) is 2. The summed E-state index contributed by atoms with van der Waals surface area (Å²) in [4.78, 5) is 6.37. The highest BCUT2D eigenvalue weighted by Crippen LogP contribution is 2.10. The van der Waals surface area contributed by atoms with E-state index in [0.29, 0.717) is 5.82 Å². The summed E-state index contributed by atoms with van der Waals surface area (Å²) in [6, 6.07) is 7.74. The molecule has 0 atom stereocenters. The Hall–Kier alpha value is -1.81. The fourth-order valence-electron chi connectivity index (χ4n) is 1.69. The van der Waals surface area contributed by atoms with Crippen LogP contribution < -0.4 is 5.73 Å². The first-order chi connectivity index (χ1) is 8.28. The molecule has 0 bridgehead atoms. The van der Waals surface area contributed by atoms with Crippen LogP contribution in [0, 0.1) is 0 Å². The fourth-order valence-corrected chi connectivity index (χ4v) is 1.69. The molecule has 0 radical (unpaired) electrons. The van der Waals surface area contributed by atoms with Gasteiger partial charge in [-0.25, -0.2) is 4.98 Å². The monoisotopic (exact) mass is 231 g/mol. The van der Waals surface area contributed by atoms with Gasteiger partial charge in [-0.05, 0) is 30.3 Å². The minimum absolute atomic E-state index is 0.558. The van der Waals surface area contributed by atoms with Gasteiger partial charge in [-0.15, -0.1) is 0 Å². The van der Waals surface area contributed by atoms with Crippen LogP contribution >= 0.6 is 0 Å². The minimum Gasteiger partial charge on any atom is -0.468 e. The molecule has 0 unspecified atom stereocenters. The third-order valence-electron chi connectivity index (χ3n) is 2.66. The average molecular weight is 231 g/mol. The lowest BCUT2D eigenvalue weighted by Crippen LogP contribution is -2.22. The van der Waals surface area contributed by atoms with Crippen molar-refractivity contribution in [3.8, 4) is 0 Å². The third kappa shape index (κ3) is 3.32. The lowest BCUT2D eigenvalue weighted by molar-refractivity contribution is 0.247. The first-order valence-electron chi connectivity index (χ1n) is 5.73. The summed E-state index contributed by atoms with van der Waals surface area (Å²) in [6.45, 7) is 4.76. The Morgan fingerprint density at radius 2 is 2.18 bits per heavy atom. The number of hydrogen-bond donors (Lipinski definition) is 1. The summed E-state index contributed by atoms with van der Waals surface area (Å²) in [5.74, 6) is 1.54. The normalized spacial score (nSPS) is 10.9. The van der Waals surface area contributed by atoms with Gasteiger partial charge in [-0.3, -0.25) is 4.90 Å². The van der Waals surface area contributed by atoms with E-state index in [0.717, 1.165) is 31.0 Å². The molecule has 0 saturated carbocycles. The second-order valence-corrected chi connectivity index (χ2v) is 3.97. The number of nitrogen functional groups attached to an aromatic ring is 1. The largest absolute Gasteiger partial charge is 0.468 e. The molecule has 0 saturated heterocycles. The Bertz CT molecular complexity index is 436. The molecular weight excluding hydrogens is 214 g/mol. The van der Waals surface area contributed by atoms with Crippen molar-refractivity contribution in [3.63, 3.8) is 0 Å². The van der Waals surface area contributed by atoms with Gasteiger partial charge in [0, 0.05) is 12.7 Å². The van der Waals surface area contributed by atoms with Gasteiger partial charge in [-0.2, -0.15) is 0 Å². The van der Waals surface area contributed by atoms with Gasteiger partial charge in [0.15, 0.2) is 0 Å². The number of anilines is 1. The van der Waals surface area contributed by atoms with E-state index in [1.165, 1.54) is 0 Å². The van der Waals surface area contributed by atoms with Crippen molar-refractivity contribution >= 4 is 5.82 Å². The lowest BCUT2D eigenvalue weighted by atomic mass is 10.2. The van der Waals surface area contributed by atoms with E-state index >= 15 is 0 Å². The van der Waals surface area contributed by atoms with E-state index in [9.17, 15) is 0 Å². The van der Waals surface area contributed by atoms with Crippen LogP contribution in [0.1, 0.15) is 18.2 Å². The van der Waals surface area contributed by atoms with Gasteiger partial charge in [0.1, 0.15) is 11.6 Å². The Kier molecular flexibility index (Phi) is 3.77. The predicted molar refractivity (Wildman–Crippen MR) is 67.1 cm³/mol. The summed E-state index contributed by atoms with van der Waals surface area (Å²) in [7, 11) is 0. The summed E-state index contributed by atoms with van der Waals surface area (Å²) < 4.78 is 5.35. The van der Waals surface area contributed by atoms with Crippen LogP contribution in [0.4, 0.5) is 5.82 Å². The highest BCUT2D eigenvalue weighted by molar-refractivity contribution is 5.29. The lowest BCUT2D eigenvalue weighted by Gasteiger charge is -2.18. The fraction of sp³-hybridized carbons (Fsp3) is 0.308. The van der Waals surface area contributed by atoms with E-state index in [1.807, 2.05) is 30.5 Å². The molecule has 0 aliphatic heterocycles. The molecule has 2 aromatic heterocycles. The van der Waals surface area contributed by atoms with Crippen LogP contribution in [-0.4, -0.2) is 16.4 Å². The van der Waals surface area contributed by atoms with Crippen LogP contribution in [0.2, 0.25) is 0 Å². The molecule has 4 heteroatoms. The molecule has 0 amide bonds. The zero-order valence-electron chi connectivity index (χ0n) is 9.97. The Morgan fingerprint density at radius 3 is 2.76 bits per heavy atom. The highest BCUT2D eigenvalue weighted by Gasteiger charge is 2.06.